The first-order valence-corrected chi connectivity index (χ1v) is 51.3. The Morgan fingerprint density at radius 3 is 0.782 bits per heavy atom. The van der Waals surface area contributed by atoms with Gasteiger partial charge in [-0.1, -0.05) is 119 Å². The van der Waals surface area contributed by atoms with Crippen LogP contribution in [0.2, 0.25) is 10.3 Å². The van der Waals surface area contributed by atoms with Crippen molar-refractivity contribution in [1.29, 1.82) is 0 Å². The molecule has 0 spiro atoms. The van der Waals surface area contributed by atoms with Crippen molar-refractivity contribution >= 4 is 249 Å². The molecule has 0 radical (unpaired) electrons. The molecule has 0 amide bonds. The zero-order valence-electron chi connectivity index (χ0n) is 73.8. The SMILES string of the molecule is BrB(Br)Br.CC(Nc1ncnc2sccc12)c1ccc(O)cc1.CC(Nc1ncnc2sccc12)c1ccc(OC2COC2)cc1.COc1ccc(C(C)N)cc1.COc1ccc(C(C)N)cc1.COc1ccc(C(C)Nc2ncnc3sccc23)cc1.COc1ccc(C(C)Nc2ncnc3sccc23)cc1.Clc1ncnc2sccc12.Clc1ncnc2sccc12.IC1COC1. The molecular formula is C94H97BBr3Cl2IN18O8S6. The molecule has 6 atom stereocenters. The van der Waals surface area contributed by atoms with Gasteiger partial charge in [0.05, 0.1) is 80.3 Å². The maximum absolute atomic E-state index is 9.30. The lowest BCUT2D eigenvalue weighted by Crippen LogP contribution is -2.38. The topological polar surface area (TPSA) is 340 Å². The Morgan fingerprint density at radius 2 is 0.564 bits per heavy atom. The quantitative estimate of drug-likeness (QED) is 0.0161. The molecule has 692 valence electrons. The van der Waals surface area contributed by atoms with Crippen molar-refractivity contribution in [2.45, 2.75) is 87.8 Å². The first-order chi connectivity index (χ1) is 64.4. The number of nitrogens with two attached hydrogens (primary N) is 2. The molecular weight excluding hydrogens is 2150 g/mol. The molecule has 39 heteroatoms. The number of aromatic nitrogens is 12. The van der Waals surface area contributed by atoms with Gasteiger partial charge >= 0.3 is 3.18 Å². The average molecular weight is 2250 g/mol. The summed E-state index contributed by atoms with van der Waals surface area (Å²) in [5.41, 5.74) is 18.2. The number of nitrogens with one attached hydrogen (secondary N) is 4. The fraction of sp³-hybridized carbons (Fsp3) is 0.234. The maximum atomic E-state index is 9.30. The first kappa shape index (κ1) is 104. The molecule has 0 saturated carbocycles. The summed E-state index contributed by atoms with van der Waals surface area (Å²) in [6.07, 6.45) is 9.52. The van der Waals surface area contributed by atoms with E-state index in [2.05, 4.69) is 215 Å². The molecule has 2 aliphatic heterocycles. The third-order valence-electron chi connectivity index (χ3n) is 19.7. The molecule has 9 N–H and O–H groups in total. The largest absolute Gasteiger partial charge is 0.508 e. The van der Waals surface area contributed by atoms with Crippen molar-refractivity contribution in [3.05, 3.63) is 296 Å². The van der Waals surface area contributed by atoms with E-state index in [4.69, 9.17) is 67.8 Å². The number of nitrogens with zero attached hydrogens (tertiary/aromatic N) is 12. The van der Waals surface area contributed by atoms with Gasteiger partial charge in [0, 0.05) is 47.0 Å². The van der Waals surface area contributed by atoms with Crippen LogP contribution in [-0.4, -0.2) is 133 Å². The number of benzene rings is 6. The van der Waals surface area contributed by atoms with E-state index in [0.29, 0.717) is 23.5 Å². The Hall–Kier alpha value is -9.79. The average Bonchev–Trinajstić information content (AvgIpc) is 1.71. The second kappa shape index (κ2) is 54.1. The number of methoxy groups -OCH3 is 4. The van der Waals surface area contributed by atoms with Gasteiger partial charge in [-0.3, -0.25) is 0 Å². The molecule has 20 rings (SSSR count). The van der Waals surface area contributed by atoms with E-state index >= 15 is 0 Å². The Kier molecular flexibility index (Phi) is 42.2. The van der Waals surface area contributed by atoms with Crippen LogP contribution in [0, 0.1) is 0 Å². The van der Waals surface area contributed by atoms with Gasteiger partial charge in [-0.05, 0) is 216 Å². The van der Waals surface area contributed by atoms with Crippen LogP contribution in [0.3, 0.4) is 0 Å². The van der Waals surface area contributed by atoms with Crippen LogP contribution in [0.1, 0.15) is 111 Å². The third-order valence-corrected chi connectivity index (χ3v) is 25.9. The molecule has 133 heavy (non-hydrogen) atoms. The van der Waals surface area contributed by atoms with Crippen molar-refractivity contribution in [3.63, 3.8) is 0 Å². The monoisotopic (exact) mass is 2240 g/mol. The molecule has 14 heterocycles. The summed E-state index contributed by atoms with van der Waals surface area (Å²) in [6, 6.07) is 59.8. The Balaban J connectivity index is 0.000000147. The van der Waals surface area contributed by atoms with Gasteiger partial charge in [0.25, 0.3) is 0 Å². The summed E-state index contributed by atoms with van der Waals surface area (Å²) < 4.78 is 37.2. The second-order valence-corrected chi connectivity index (χ2v) is 43.3. The zero-order valence-corrected chi connectivity index (χ0v) is 87.1. The van der Waals surface area contributed by atoms with Crippen molar-refractivity contribution in [2.24, 2.45) is 11.5 Å². The van der Waals surface area contributed by atoms with E-state index in [-0.39, 0.29) is 51.3 Å². The van der Waals surface area contributed by atoms with Crippen LogP contribution in [0.4, 0.5) is 23.3 Å². The molecule has 2 fully saturated rings. The van der Waals surface area contributed by atoms with E-state index in [0.717, 1.165) is 147 Å². The van der Waals surface area contributed by atoms with Gasteiger partial charge in [-0.2, -0.15) is 0 Å². The normalized spacial score (nSPS) is 13.1. The molecule has 6 aromatic carbocycles. The highest BCUT2D eigenvalue weighted by Gasteiger charge is 2.21. The molecule has 6 unspecified atom stereocenters. The highest BCUT2D eigenvalue weighted by atomic mass is 127. The summed E-state index contributed by atoms with van der Waals surface area (Å²) >= 11 is 32.8. The highest BCUT2D eigenvalue weighted by molar-refractivity contribution is 14.1. The molecule has 18 aromatic rings. The fourth-order valence-corrected chi connectivity index (χ4v) is 17.6. The van der Waals surface area contributed by atoms with Crippen molar-refractivity contribution < 1.29 is 38.3 Å². The fourth-order valence-electron chi connectivity index (χ4n) is 12.2. The lowest BCUT2D eigenvalue weighted by molar-refractivity contribution is -0.0796. The van der Waals surface area contributed by atoms with Crippen molar-refractivity contribution in [1.82, 2.24) is 59.8 Å². The van der Waals surface area contributed by atoms with Crippen LogP contribution in [-0.2, 0) is 9.47 Å². The van der Waals surface area contributed by atoms with E-state index in [1.54, 1.807) is 134 Å². The summed E-state index contributed by atoms with van der Waals surface area (Å²) in [4.78, 5) is 56.0. The number of anilines is 4. The molecule has 26 nitrogen and oxygen atoms in total. The van der Waals surface area contributed by atoms with Crippen molar-refractivity contribution in [2.75, 3.05) is 76.1 Å². The highest BCUT2D eigenvalue weighted by Crippen LogP contribution is 2.35. The number of fused-ring (bicyclic) bond motifs is 6. The number of aromatic hydroxyl groups is 1. The Labute approximate surface area is 844 Å². The summed E-state index contributed by atoms with van der Waals surface area (Å²) in [7, 11) is 6.65. The predicted octanol–water partition coefficient (Wildman–Crippen LogP) is 26.1. The number of hydrogen-bond acceptors (Lipinski definition) is 32. The van der Waals surface area contributed by atoms with Gasteiger partial charge < -0.3 is 71.0 Å². The predicted molar refractivity (Wildman–Crippen MR) is 571 cm³/mol. The van der Waals surface area contributed by atoms with Crippen LogP contribution in [0.25, 0.3) is 61.3 Å². The summed E-state index contributed by atoms with van der Waals surface area (Å²) in [5, 5.41) is 42.2. The van der Waals surface area contributed by atoms with Gasteiger partial charge in [-0.15, -0.1) is 115 Å². The number of ether oxygens (including phenoxy) is 7. The molecule has 0 bridgehead atoms. The Bertz CT molecular complexity index is 6230. The van der Waals surface area contributed by atoms with Gasteiger partial charge in [0.1, 0.15) is 141 Å². The summed E-state index contributed by atoms with van der Waals surface area (Å²) in [6.45, 7) is 15.6. The molecule has 0 aliphatic carbocycles. The van der Waals surface area contributed by atoms with Crippen LogP contribution in [0.15, 0.2) is 252 Å². The number of alkyl halides is 1. The standard InChI is InChI=1S/C17H17N3O2S.2C15H15N3OS.C14H13N3OS.2C9H13NO.2C6H3ClN2S.C3H5IO.BBr3/c1-11(20-16-15-6-7-23-17(15)19-10-18-16)12-2-4-13(5-3-12)22-14-8-21-9-14;2*1-10(11-3-5-12(19-2)6-4-11)18-14-13-7-8-20-15(13)17-9-16-14;1-9(10-2-4-11(18)5-3-10)17-13-12-6-7-19-14(12)16-8-15-13;2*1-7(10)8-3-5-9(11-2)6-4-8;2*7-5-4-1-2-10-6(4)9-3-8-5;4-3-1-5-2-3;2-1(3)4/h2-7,10-11,14H,8-9H2,1H3,(H,18,19,20);2*3-10H,1-2H3,(H,16,17,18);2-9,18H,1H3,(H,15,16,17);2*3-7H,10H2,1-2H3;2*1-3H;3H,1-2H2;. The number of halogens is 6. The van der Waals surface area contributed by atoms with E-state index < -0.39 is 0 Å². The zero-order chi connectivity index (χ0) is 94.5. The lowest BCUT2D eigenvalue weighted by Gasteiger charge is -2.26. The van der Waals surface area contributed by atoms with Gasteiger partial charge in [0.2, 0.25) is 0 Å². The smallest absolute Gasteiger partial charge is 0.369 e. The maximum Gasteiger partial charge on any atom is 0.369 e. The second-order valence-electron chi connectivity index (χ2n) is 29.0. The minimum atomic E-state index is 0.0981. The van der Waals surface area contributed by atoms with Crippen LogP contribution in [0.5, 0.6) is 34.5 Å². The van der Waals surface area contributed by atoms with E-state index in [1.165, 1.54) is 29.3 Å². The number of phenolic OH excluding ortho intramolecular Hbond substituents is 1. The first-order valence-electron chi connectivity index (χ1n) is 41.2. The third kappa shape index (κ3) is 32.2. The minimum Gasteiger partial charge on any atom is -0.508 e. The number of hydrogen-bond donors (Lipinski definition) is 7. The van der Waals surface area contributed by atoms with Crippen molar-refractivity contribution in [3.8, 4) is 34.5 Å². The van der Waals surface area contributed by atoms with Crippen LogP contribution < -0.4 is 56.4 Å². The Morgan fingerprint density at radius 1 is 0.346 bits per heavy atom. The lowest BCUT2D eigenvalue weighted by atomic mass is 10.1. The number of thiophene rings is 6. The molecule has 2 saturated heterocycles. The number of phenols is 1. The number of rotatable bonds is 20. The molecule has 12 aromatic heterocycles. The van der Waals surface area contributed by atoms with E-state index in [1.807, 2.05) is 180 Å². The van der Waals surface area contributed by atoms with E-state index in [9.17, 15) is 5.11 Å². The van der Waals surface area contributed by atoms with Gasteiger partial charge in [0.15, 0.2) is 0 Å². The summed E-state index contributed by atoms with van der Waals surface area (Å²) in [5.74, 6) is 8.09. The van der Waals surface area contributed by atoms with Gasteiger partial charge in [-0.25, -0.2) is 59.8 Å². The molecule has 2 aliphatic rings. The minimum absolute atomic E-state index is 0.0981. The van der Waals surface area contributed by atoms with Crippen LogP contribution >= 0.6 is 161 Å².